The number of amides is 1. The molecule has 5 nitrogen and oxygen atoms in total. The standard InChI is InChI=1S/C15H20ClN3O2S/c1-14(2)6-15(8-20)7-19(5-10(14)15)12(21)11-9(16)4-17-13(18-11)22-3/h4,10,20H,5-8H2,1-3H3/t10-,15-/m1/s1. The fraction of sp³-hybridized carbons (Fsp3) is 0.667. The van der Waals surface area contributed by atoms with E-state index in [1.807, 2.05) is 6.26 Å². The van der Waals surface area contributed by atoms with Crippen molar-refractivity contribution in [3.63, 3.8) is 0 Å². The van der Waals surface area contributed by atoms with Crippen LogP contribution < -0.4 is 0 Å². The van der Waals surface area contributed by atoms with Gasteiger partial charge in [0.15, 0.2) is 10.9 Å². The molecule has 2 heterocycles. The summed E-state index contributed by atoms with van der Waals surface area (Å²) in [5.41, 5.74) is 0.270. The van der Waals surface area contributed by atoms with Gasteiger partial charge in [-0.2, -0.15) is 0 Å². The molecule has 0 radical (unpaired) electrons. The Morgan fingerprint density at radius 3 is 2.86 bits per heavy atom. The predicted octanol–water partition coefficient (Wildman–Crippen LogP) is 2.33. The van der Waals surface area contributed by atoms with E-state index in [1.165, 1.54) is 18.0 Å². The Hall–Kier alpha value is -0.850. The SMILES string of the molecule is CSc1ncc(Cl)c(C(=O)N2C[C@@H]3C(C)(C)C[C@]3(CO)C2)n1. The van der Waals surface area contributed by atoms with Crippen LogP contribution in [-0.2, 0) is 0 Å². The minimum atomic E-state index is -0.166. The van der Waals surface area contributed by atoms with Gasteiger partial charge in [0.2, 0.25) is 0 Å². The Kier molecular flexibility index (Phi) is 3.90. The summed E-state index contributed by atoms with van der Waals surface area (Å²) >= 11 is 7.49. The molecule has 2 atom stereocenters. The van der Waals surface area contributed by atoms with Gasteiger partial charge in [0, 0.05) is 18.5 Å². The van der Waals surface area contributed by atoms with Gasteiger partial charge in [-0.25, -0.2) is 9.97 Å². The van der Waals surface area contributed by atoms with Gasteiger partial charge in [-0.1, -0.05) is 37.2 Å². The molecule has 2 fully saturated rings. The summed E-state index contributed by atoms with van der Waals surface area (Å²) in [6, 6.07) is 0. The van der Waals surface area contributed by atoms with E-state index in [4.69, 9.17) is 11.6 Å². The van der Waals surface area contributed by atoms with Gasteiger partial charge < -0.3 is 10.0 Å². The van der Waals surface area contributed by atoms with Crippen molar-refractivity contribution >= 4 is 29.3 Å². The van der Waals surface area contributed by atoms with E-state index in [0.717, 1.165) is 6.42 Å². The van der Waals surface area contributed by atoms with E-state index in [-0.39, 0.29) is 34.1 Å². The minimum Gasteiger partial charge on any atom is -0.396 e. The van der Waals surface area contributed by atoms with Gasteiger partial charge in [0.05, 0.1) is 17.8 Å². The van der Waals surface area contributed by atoms with Crippen LogP contribution in [0.25, 0.3) is 0 Å². The van der Waals surface area contributed by atoms with Crippen LogP contribution in [0, 0.1) is 16.7 Å². The number of hydrogen-bond donors (Lipinski definition) is 1. The third-order valence-electron chi connectivity index (χ3n) is 5.11. The summed E-state index contributed by atoms with van der Waals surface area (Å²) in [4.78, 5) is 22.9. The smallest absolute Gasteiger partial charge is 0.274 e. The molecule has 7 heteroatoms. The molecule has 1 aromatic rings. The third-order valence-corrected chi connectivity index (χ3v) is 5.95. The third kappa shape index (κ3) is 2.32. The number of halogens is 1. The molecule has 0 aromatic carbocycles. The van der Waals surface area contributed by atoms with Crippen molar-refractivity contribution in [2.24, 2.45) is 16.7 Å². The summed E-state index contributed by atoms with van der Waals surface area (Å²) in [5, 5.41) is 10.6. The minimum absolute atomic E-state index is 0.123. The monoisotopic (exact) mass is 341 g/mol. The van der Waals surface area contributed by atoms with E-state index in [0.29, 0.717) is 24.2 Å². The first-order valence-corrected chi connectivity index (χ1v) is 8.90. The number of carbonyl (C=O) groups excluding carboxylic acids is 1. The summed E-state index contributed by atoms with van der Waals surface area (Å²) in [7, 11) is 0. The highest BCUT2D eigenvalue weighted by Gasteiger charge is 2.63. The molecule has 1 saturated carbocycles. The Balaban J connectivity index is 1.86. The predicted molar refractivity (Wildman–Crippen MR) is 86.1 cm³/mol. The van der Waals surface area contributed by atoms with E-state index < -0.39 is 0 Å². The number of carbonyl (C=O) groups is 1. The molecule has 22 heavy (non-hydrogen) atoms. The van der Waals surface area contributed by atoms with Crippen molar-refractivity contribution < 1.29 is 9.90 Å². The number of thioether (sulfide) groups is 1. The maximum atomic E-state index is 12.8. The number of rotatable bonds is 3. The number of aliphatic hydroxyl groups excluding tert-OH is 1. The Bertz CT molecular complexity index is 625. The zero-order valence-corrected chi connectivity index (χ0v) is 14.5. The van der Waals surface area contributed by atoms with Crippen LogP contribution in [0.1, 0.15) is 30.8 Å². The van der Waals surface area contributed by atoms with Crippen LogP contribution in [0.3, 0.4) is 0 Å². The van der Waals surface area contributed by atoms with Crippen LogP contribution in [0.5, 0.6) is 0 Å². The zero-order chi connectivity index (χ0) is 16.1. The number of fused-ring (bicyclic) bond motifs is 1. The van der Waals surface area contributed by atoms with Crippen LogP contribution in [0.2, 0.25) is 5.02 Å². The number of nitrogens with zero attached hydrogens (tertiary/aromatic N) is 3. The molecular weight excluding hydrogens is 322 g/mol. The lowest BCUT2D eigenvalue weighted by Crippen LogP contribution is -2.54. The van der Waals surface area contributed by atoms with Gasteiger partial charge in [-0.3, -0.25) is 4.79 Å². The molecular formula is C15H20ClN3O2S. The van der Waals surface area contributed by atoms with Crippen LogP contribution in [0.15, 0.2) is 11.4 Å². The normalized spacial score (nSPS) is 29.1. The molecule has 3 rings (SSSR count). The van der Waals surface area contributed by atoms with Crippen LogP contribution >= 0.6 is 23.4 Å². The maximum Gasteiger partial charge on any atom is 0.274 e. The number of likely N-dealkylation sites (tertiary alicyclic amines) is 1. The van der Waals surface area contributed by atoms with Crippen LogP contribution in [0.4, 0.5) is 0 Å². The molecule has 1 N–H and O–H groups in total. The lowest BCUT2D eigenvalue weighted by atomic mass is 9.48. The van der Waals surface area contributed by atoms with Gasteiger partial charge in [0.25, 0.3) is 5.91 Å². The van der Waals surface area contributed by atoms with Crippen molar-refractivity contribution in [3.8, 4) is 0 Å². The molecule has 1 aliphatic heterocycles. The van der Waals surface area contributed by atoms with Gasteiger partial charge in [0.1, 0.15) is 0 Å². The van der Waals surface area contributed by atoms with E-state index in [1.54, 1.807) is 4.90 Å². The van der Waals surface area contributed by atoms with Crippen molar-refractivity contribution in [2.75, 3.05) is 26.0 Å². The van der Waals surface area contributed by atoms with Gasteiger partial charge in [-0.15, -0.1) is 0 Å². The molecule has 1 saturated heterocycles. The number of aromatic nitrogens is 2. The van der Waals surface area contributed by atoms with E-state index in [9.17, 15) is 9.90 Å². The molecule has 1 amide bonds. The summed E-state index contributed by atoms with van der Waals surface area (Å²) < 4.78 is 0. The fourth-order valence-corrected chi connectivity index (χ4v) is 4.76. The lowest BCUT2D eigenvalue weighted by Gasteiger charge is -2.55. The maximum absolute atomic E-state index is 12.8. The van der Waals surface area contributed by atoms with Crippen molar-refractivity contribution in [2.45, 2.75) is 25.4 Å². The highest BCUT2D eigenvalue weighted by atomic mass is 35.5. The summed E-state index contributed by atoms with van der Waals surface area (Å²) in [5.74, 6) is 0.162. The average molecular weight is 342 g/mol. The summed E-state index contributed by atoms with van der Waals surface area (Å²) in [6.45, 7) is 5.75. The molecule has 0 bridgehead atoms. The topological polar surface area (TPSA) is 66.3 Å². The number of aliphatic hydroxyl groups is 1. The molecule has 2 aliphatic rings. The van der Waals surface area contributed by atoms with Crippen molar-refractivity contribution in [1.29, 1.82) is 0 Å². The Labute approximate surface area is 139 Å². The average Bonchev–Trinajstić information content (AvgIpc) is 2.82. The second-order valence-electron chi connectivity index (χ2n) is 6.98. The first-order chi connectivity index (χ1) is 10.3. The quantitative estimate of drug-likeness (QED) is 0.675. The lowest BCUT2D eigenvalue weighted by molar-refractivity contribution is -0.0977. The van der Waals surface area contributed by atoms with Gasteiger partial charge in [-0.05, 0) is 24.0 Å². The fourth-order valence-electron chi connectivity index (χ4n) is 4.24. The Morgan fingerprint density at radius 1 is 1.59 bits per heavy atom. The molecule has 0 unspecified atom stereocenters. The van der Waals surface area contributed by atoms with Crippen LogP contribution in [-0.4, -0.2) is 51.8 Å². The second kappa shape index (κ2) is 5.35. The number of hydrogen-bond acceptors (Lipinski definition) is 5. The van der Waals surface area contributed by atoms with Gasteiger partial charge >= 0.3 is 0 Å². The van der Waals surface area contributed by atoms with Crippen molar-refractivity contribution in [1.82, 2.24) is 14.9 Å². The molecule has 1 aromatic heterocycles. The molecule has 1 aliphatic carbocycles. The van der Waals surface area contributed by atoms with Crippen molar-refractivity contribution in [3.05, 3.63) is 16.9 Å². The summed E-state index contributed by atoms with van der Waals surface area (Å²) in [6.07, 6.45) is 4.28. The first kappa shape index (κ1) is 16.0. The second-order valence-corrected chi connectivity index (χ2v) is 8.16. The van der Waals surface area contributed by atoms with E-state index in [2.05, 4.69) is 23.8 Å². The Morgan fingerprint density at radius 2 is 2.32 bits per heavy atom. The van der Waals surface area contributed by atoms with E-state index >= 15 is 0 Å². The molecule has 0 spiro atoms. The largest absolute Gasteiger partial charge is 0.396 e. The highest BCUT2D eigenvalue weighted by molar-refractivity contribution is 7.98. The highest BCUT2D eigenvalue weighted by Crippen LogP contribution is 2.62. The first-order valence-electron chi connectivity index (χ1n) is 7.30. The molecule has 120 valence electrons. The zero-order valence-electron chi connectivity index (χ0n) is 13.0.